The van der Waals surface area contributed by atoms with Crippen LogP contribution in [-0.2, 0) is 28.7 Å². The Hall–Kier alpha value is -2.40. The quantitative estimate of drug-likeness (QED) is 0.235. The molecule has 2 saturated heterocycles. The van der Waals surface area contributed by atoms with Crippen LogP contribution in [0.1, 0.15) is 105 Å². The van der Waals surface area contributed by atoms with Crippen LogP contribution in [-0.4, -0.2) is 86.5 Å². The minimum atomic E-state index is -2.40. The summed E-state index contributed by atoms with van der Waals surface area (Å²) >= 11 is 0. The molecule has 0 unspecified atom stereocenters. The summed E-state index contributed by atoms with van der Waals surface area (Å²) in [6, 6.07) is -0.951. The Morgan fingerprint density at radius 1 is 0.935 bits per heavy atom. The van der Waals surface area contributed by atoms with E-state index < -0.39 is 65.7 Å². The third kappa shape index (κ3) is 8.74. The Kier molecular flexibility index (Phi) is 12.8. The standard InChI is InChI=1S/C36H55NO9/c1-22-10-7-5-6-8-12-28(38)25(4)32-18-14-24(3)36(44,46-32)33(41)34(42)37-19-9-11-27(37)35(43)45-31(17-13-22)23(2)20-26-15-16-29(39)30(40)21-26/h7-8,10,12,22-27,29-32,39-40,44H,5-6,9,11,13-21H2,1-4H3/b10-7+,12-8+/t22-,23+,24-,25-,26+,27+,29-,30-,31+,32+,36-/m1/s1. The van der Waals surface area contributed by atoms with Crippen molar-refractivity contribution < 1.29 is 44.0 Å². The molecular formula is C36H55NO9. The number of ketones is 2. The fourth-order valence-corrected chi connectivity index (χ4v) is 7.56. The lowest BCUT2D eigenvalue weighted by Crippen LogP contribution is -2.60. The van der Waals surface area contributed by atoms with E-state index in [1.807, 2.05) is 13.0 Å². The number of cyclic esters (lactones) is 1. The summed E-state index contributed by atoms with van der Waals surface area (Å²) in [6.45, 7) is 7.70. The first-order valence-corrected chi connectivity index (χ1v) is 17.5. The van der Waals surface area contributed by atoms with Crippen LogP contribution in [0.25, 0.3) is 0 Å². The van der Waals surface area contributed by atoms with Gasteiger partial charge in [-0.05, 0) is 101 Å². The summed E-state index contributed by atoms with van der Waals surface area (Å²) in [5.74, 6) is -6.11. The molecule has 10 nitrogen and oxygen atoms in total. The van der Waals surface area contributed by atoms with Crippen LogP contribution in [0, 0.1) is 29.6 Å². The molecule has 3 N–H and O–H groups in total. The third-order valence-electron chi connectivity index (χ3n) is 10.8. The predicted octanol–water partition coefficient (Wildman–Crippen LogP) is 4.04. The lowest BCUT2D eigenvalue weighted by Gasteiger charge is -2.42. The Bertz CT molecular complexity index is 1150. The summed E-state index contributed by atoms with van der Waals surface area (Å²) < 4.78 is 12.1. The highest BCUT2D eigenvalue weighted by Crippen LogP contribution is 2.37. The first-order valence-electron chi connectivity index (χ1n) is 17.5. The second kappa shape index (κ2) is 16.1. The Labute approximate surface area is 273 Å². The molecule has 4 aliphatic rings. The zero-order valence-electron chi connectivity index (χ0n) is 28.0. The average Bonchev–Trinajstić information content (AvgIpc) is 3.52. The van der Waals surface area contributed by atoms with Gasteiger partial charge in [0, 0.05) is 18.4 Å². The summed E-state index contributed by atoms with van der Waals surface area (Å²) in [5.41, 5.74) is 0. The lowest BCUT2D eigenvalue weighted by molar-refractivity contribution is -0.268. The van der Waals surface area contributed by atoms with E-state index in [0.29, 0.717) is 51.4 Å². The van der Waals surface area contributed by atoms with Crippen LogP contribution >= 0.6 is 0 Å². The van der Waals surface area contributed by atoms with E-state index in [-0.39, 0.29) is 30.1 Å². The number of carbonyl (C=O) groups is 4. The molecule has 0 spiro atoms. The smallest absolute Gasteiger partial charge is 0.329 e. The van der Waals surface area contributed by atoms with Crippen molar-refractivity contribution in [3.8, 4) is 0 Å². The van der Waals surface area contributed by atoms with Gasteiger partial charge in [-0.25, -0.2) is 4.79 Å². The maximum atomic E-state index is 13.7. The number of rotatable bonds is 3. The number of allylic oxidation sites excluding steroid dienone is 4. The molecule has 46 heavy (non-hydrogen) atoms. The first-order chi connectivity index (χ1) is 21.8. The number of nitrogens with zero attached hydrogens (tertiary/aromatic N) is 1. The molecule has 0 aromatic heterocycles. The monoisotopic (exact) mass is 645 g/mol. The minimum Gasteiger partial charge on any atom is -0.461 e. The van der Waals surface area contributed by atoms with Gasteiger partial charge < -0.3 is 29.7 Å². The van der Waals surface area contributed by atoms with Gasteiger partial charge >= 0.3 is 5.97 Å². The van der Waals surface area contributed by atoms with Crippen molar-refractivity contribution in [1.29, 1.82) is 0 Å². The number of aliphatic hydroxyl groups excluding tert-OH is 2. The Morgan fingerprint density at radius 3 is 2.41 bits per heavy atom. The molecule has 0 radical (unpaired) electrons. The van der Waals surface area contributed by atoms with Crippen molar-refractivity contribution >= 4 is 23.4 Å². The van der Waals surface area contributed by atoms with E-state index in [4.69, 9.17) is 9.47 Å². The zero-order valence-corrected chi connectivity index (χ0v) is 28.0. The lowest BCUT2D eigenvalue weighted by atomic mass is 9.78. The van der Waals surface area contributed by atoms with E-state index >= 15 is 0 Å². The molecule has 3 fully saturated rings. The van der Waals surface area contributed by atoms with Gasteiger partial charge in [0.25, 0.3) is 11.7 Å². The molecule has 3 heterocycles. The summed E-state index contributed by atoms with van der Waals surface area (Å²) in [7, 11) is 0. The van der Waals surface area contributed by atoms with Crippen LogP contribution in [0.3, 0.4) is 0 Å². The second-order valence-electron chi connectivity index (χ2n) is 14.5. The molecule has 1 saturated carbocycles. The molecule has 258 valence electrons. The number of amides is 1. The fourth-order valence-electron chi connectivity index (χ4n) is 7.56. The molecule has 4 rings (SSSR count). The van der Waals surface area contributed by atoms with Gasteiger partial charge in [0.15, 0.2) is 5.78 Å². The van der Waals surface area contributed by atoms with Gasteiger partial charge in [0.1, 0.15) is 12.1 Å². The van der Waals surface area contributed by atoms with E-state index in [0.717, 1.165) is 25.7 Å². The highest BCUT2D eigenvalue weighted by molar-refractivity contribution is 6.39. The molecule has 0 aromatic rings. The van der Waals surface area contributed by atoms with Crippen LogP contribution < -0.4 is 0 Å². The molecule has 1 aliphatic carbocycles. The van der Waals surface area contributed by atoms with Gasteiger partial charge in [0.2, 0.25) is 5.79 Å². The number of hydrogen-bond acceptors (Lipinski definition) is 9. The number of ether oxygens (including phenoxy) is 2. The van der Waals surface area contributed by atoms with Crippen LogP contribution in [0.4, 0.5) is 0 Å². The van der Waals surface area contributed by atoms with Crippen molar-refractivity contribution in [3.05, 3.63) is 24.3 Å². The van der Waals surface area contributed by atoms with Crippen LogP contribution in [0.15, 0.2) is 24.3 Å². The van der Waals surface area contributed by atoms with Crippen molar-refractivity contribution in [1.82, 2.24) is 4.90 Å². The number of hydrogen-bond donors (Lipinski definition) is 3. The van der Waals surface area contributed by atoms with Gasteiger partial charge in [-0.1, -0.05) is 45.9 Å². The average molecular weight is 646 g/mol. The summed E-state index contributed by atoms with van der Waals surface area (Å²) in [6.07, 6.45) is 12.1. The Balaban J connectivity index is 1.57. The molecule has 3 aliphatic heterocycles. The number of Topliss-reactive ketones (excluding diaryl/α,β-unsaturated/α-hetero) is 1. The second-order valence-corrected chi connectivity index (χ2v) is 14.5. The third-order valence-corrected chi connectivity index (χ3v) is 10.8. The number of esters is 1. The predicted molar refractivity (Wildman–Crippen MR) is 171 cm³/mol. The molecule has 11 atom stereocenters. The van der Waals surface area contributed by atoms with Crippen LogP contribution in [0.2, 0.25) is 0 Å². The normalized spacial score (nSPS) is 41.2. The maximum Gasteiger partial charge on any atom is 0.329 e. The number of fused-ring (bicyclic) bond motifs is 3. The van der Waals surface area contributed by atoms with E-state index in [1.54, 1.807) is 13.8 Å². The molecule has 10 heteroatoms. The van der Waals surface area contributed by atoms with Gasteiger partial charge in [-0.2, -0.15) is 0 Å². The highest BCUT2D eigenvalue weighted by Gasteiger charge is 2.54. The van der Waals surface area contributed by atoms with E-state index in [9.17, 15) is 34.5 Å². The maximum absolute atomic E-state index is 13.7. The Morgan fingerprint density at radius 2 is 1.67 bits per heavy atom. The van der Waals surface area contributed by atoms with Crippen LogP contribution in [0.5, 0.6) is 0 Å². The fraction of sp³-hybridized carbons (Fsp3) is 0.778. The van der Waals surface area contributed by atoms with Gasteiger partial charge in [0.05, 0.1) is 18.3 Å². The van der Waals surface area contributed by atoms with Gasteiger partial charge in [-0.3, -0.25) is 14.4 Å². The number of carbonyl (C=O) groups excluding carboxylic acids is 4. The molecule has 1 amide bonds. The van der Waals surface area contributed by atoms with Crippen molar-refractivity contribution in [2.75, 3.05) is 6.54 Å². The summed E-state index contributed by atoms with van der Waals surface area (Å²) in [4.78, 5) is 55.2. The minimum absolute atomic E-state index is 0.0276. The largest absolute Gasteiger partial charge is 0.461 e. The molecular weight excluding hydrogens is 590 g/mol. The topological polar surface area (TPSA) is 151 Å². The van der Waals surface area contributed by atoms with Gasteiger partial charge in [-0.15, -0.1) is 0 Å². The van der Waals surface area contributed by atoms with Crippen molar-refractivity contribution in [2.45, 2.75) is 141 Å². The first kappa shape index (κ1) is 36.4. The summed E-state index contributed by atoms with van der Waals surface area (Å²) in [5, 5.41) is 31.7. The van der Waals surface area contributed by atoms with Crippen molar-refractivity contribution in [2.24, 2.45) is 29.6 Å². The van der Waals surface area contributed by atoms with E-state index in [2.05, 4.69) is 19.1 Å². The molecule has 0 aromatic carbocycles. The SMILES string of the molecule is C[C@@H]1/C=C/CC/C=C/C(=O)[C@@H](C)[C@@H]2CC[C@@H](C)[C@@](O)(O2)C(=O)C(=O)N2CCC[C@H]2C(=O)O[C@H]([C@@H](C)C[C@@H]2CC[C@@H](O)[C@H](O)C2)CC1. The van der Waals surface area contributed by atoms with E-state index in [1.165, 1.54) is 11.0 Å². The zero-order chi connectivity index (χ0) is 33.6. The molecule has 2 bridgehead atoms. The highest BCUT2D eigenvalue weighted by atomic mass is 16.6. The van der Waals surface area contributed by atoms with Crippen molar-refractivity contribution in [3.63, 3.8) is 0 Å². The number of aliphatic hydroxyl groups is 3.